The molecule has 2 aromatic carbocycles. The molecule has 3 aromatic rings. The number of carbonyl (C=O) groups is 1. The Morgan fingerprint density at radius 3 is 2.75 bits per heavy atom. The summed E-state index contributed by atoms with van der Waals surface area (Å²) in [4.78, 5) is 17.9. The first-order valence-electron chi connectivity index (χ1n) is 8.35. The van der Waals surface area contributed by atoms with Crippen molar-refractivity contribution < 1.29 is 9.53 Å². The van der Waals surface area contributed by atoms with Crippen molar-refractivity contribution in [3.05, 3.63) is 65.9 Å². The van der Waals surface area contributed by atoms with Crippen molar-refractivity contribution in [3.63, 3.8) is 0 Å². The molecule has 4 rings (SSSR count). The molecule has 1 aliphatic rings. The molecule has 0 atom stereocenters. The second-order valence-electron chi connectivity index (χ2n) is 6.10. The van der Waals surface area contributed by atoms with Crippen LogP contribution in [-0.4, -0.2) is 28.9 Å². The fourth-order valence-electron chi connectivity index (χ4n) is 3.31. The Bertz CT molecular complexity index is 854. The molecule has 24 heavy (non-hydrogen) atoms. The Morgan fingerprint density at radius 2 is 1.88 bits per heavy atom. The van der Waals surface area contributed by atoms with Gasteiger partial charge in [0.25, 0.3) is 0 Å². The van der Waals surface area contributed by atoms with Crippen LogP contribution in [0.5, 0.6) is 5.75 Å². The molecule has 0 fully saturated rings. The summed E-state index contributed by atoms with van der Waals surface area (Å²) >= 11 is 0. The number of fused-ring (bicyclic) bond motifs is 3. The van der Waals surface area contributed by atoms with E-state index in [0.717, 1.165) is 24.2 Å². The number of benzene rings is 2. The molecule has 2 heterocycles. The SMILES string of the molecule is O=C(CCOc1ccccc1)N1CCc2[nH]c3ccccc3c2C1. The maximum absolute atomic E-state index is 12.5. The number of rotatable bonds is 4. The van der Waals surface area contributed by atoms with Gasteiger partial charge < -0.3 is 14.6 Å². The monoisotopic (exact) mass is 320 g/mol. The fourth-order valence-corrected chi connectivity index (χ4v) is 3.31. The van der Waals surface area contributed by atoms with E-state index in [1.165, 1.54) is 16.6 Å². The summed E-state index contributed by atoms with van der Waals surface area (Å²) in [5.74, 6) is 0.963. The van der Waals surface area contributed by atoms with E-state index < -0.39 is 0 Å². The Balaban J connectivity index is 1.40. The molecule has 1 N–H and O–H groups in total. The van der Waals surface area contributed by atoms with Gasteiger partial charge in [0.05, 0.1) is 13.0 Å². The standard InChI is InChI=1S/C20H20N2O2/c23-20(11-13-24-15-6-2-1-3-7-15)22-12-10-19-17(14-22)16-8-4-5-9-18(16)21-19/h1-9,21H,10-14H2. The van der Waals surface area contributed by atoms with Gasteiger partial charge in [0, 0.05) is 41.7 Å². The molecule has 0 aliphatic carbocycles. The molecule has 4 nitrogen and oxygen atoms in total. The highest BCUT2D eigenvalue weighted by Gasteiger charge is 2.23. The zero-order chi connectivity index (χ0) is 16.4. The first-order valence-corrected chi connectivity index (χ1v) is 8.35. The average molecular weight is 320 g/mol. The molecular weight excluding hydrogens is 300 g/mol. The van der Waals surface area contributed by atoms with Gasteiger partial charge in [-0.25, -0.2) is 0 Å². The van der Waals surface area contributed by atoms with E-state index in [4.69, 9.17) is 4.74 Å². The van der Waals surface area contributed by atoms with E-state index in [9.17, 15) is 4.79 Å². The summed E-state index contributed by atoms with van der Waals surface area (Å²) in [7, 11) is 0. The molecule has 1 aromatic heterocycles. The molecule has 0 saturated heterocycles. The van der Waals surface area contributed by atoms with Gasteiger partial charge in [-0.2, -0.15) is 0 Å². The number of aromatic amines is 1. The zero-order valence-corrected chi connectivity index (χ0v) is 13.5. The largest absolute Gasteiger partial charge is 0.493 e. The highest BCUT2D eigenvalue weighted by Crippen LogP contribution is 2.27. The Hall–Kier alpha value is -2.75. The molecule has 1 aliphatic heterocycles. The molecule has 122 valence electrons. The quantitative estimate of drug-likeness (QED) is 0.799. The van der Waals surface area contributed by atoms with Crippen molar-refractivity contribution in [2.45, 2.75) is 19.4 Å². The minimum Gasteiger partial charge on any atom is -0.493 e. The number of nitrogens with zero attached hydrogens (tertiary/aromatic N) is 1. The van der Waals surface area contributed by atoms with E-state index >= 15 is 0 Å². The van der Waals surface area contributed by atoms with Gasteiger partial charge in [0.2, 0.25) is 5.91 Å². The average Bonchev–Trinajstić information content (AvgIpc) is 3.00. The van der Waals surface area contributed by atoms with Crippen LogP contribution in [0.2, 0.25) is 0 Å². The Kier molecular flexibility index (Phi) is 3.95. The van der Waals surface area contributed by atoms with E-state index in [1.54, 1.807) is 0 Å². The van der Waals surface area contributed by atoms with Crippen LogP contribution >= 0.6 is 0 Å². The van der Waals surface area contributed by atoms with Gasteiger partial charge >= 0.3 is 0 Å². The molecule has 0 spiro atoms. The number of ether oxygens (including phenoxy) is 1. The predicted octanol–water partition coefficient (Wildman–Crippen LogP) is 3.52. The second kappa shape index (κ2) is 6.40. The van der Waals surface area contributed by atoms with Crippen LogP contribution in [0.4, 0.5) is 0 Å². The maximum Gasteiger partial charge on any atom is 0.226 e. The lowest BCUT2D eigenvalue weighted by Gasteiger charge is -2.27. The summed E-state index contributed by atoms with van der Waals surface area (Å²) in [5, 5.41) is 1.23. The van der Waals surface area contributed by atoms with E-state index in [-0.39, 0.29) is 5.91 Å². The third-order valence-electron chi connectivity index (χ3n) is 4.56. The highest BCUT2D eigenvalue weighted by atomic mass is 16.5. The lowest BCUT2D eigenvalue weighted by molar-refractivity contribution is -0.132. The van der Waals surface area contributed by atoms with E-state index in [1.807, 2.05) is 47.4 Å². The van der Waals surface area contributed by atoms with Gasteiger partial charge in [-0.05, 0) is 18.2 Å². The summed E-state index contributed by atoms with van der Waals surface area (Å²) in [6.07, 6.45) is 1.29. The van der Waals surface area contributed by atoms with E-state index in [2.05, 4.69) is 17.1 Å². The molecular formula is C20H20N2O2. The number of hydrogen-bond acceptors (Lipinski definition) is 2. The van der Waals surface area contributed by atoms with Crippen molar-refractivity contribution in [1.82, 2.24) is 9.88 Å². The third kappa shape index (κ3) is 2.87. The van der Waals surface area contributed by atoms with Crippen LogP contribution in [0.15, 0.2) is 54.6 Å². The van der Waals surface area contributed by atoms with Crippen LogP contribution in [0.1, 0.15) is 17.7 Å². The molecule has 0 unspecified atom stereocenters. The number of H-pyrrole nitrogens is 1. The lowest BCUT2D eigenvalue weighted by Crippen LogP contribution is -2.36. The number of para-hydroxylation sites is 2. The van der Waals surface area contributed by atoms with Crippen LogP contribution in [0.25, 0.3) is 10.9 Å². The van der Waals surface area contributed by atoms with Gasteiger partial charge in [0.1, 0.15) is 5.75 Å². The van der Waals surface area contributed by atoms with Crippen molar-refractivity contribution in [3.8, 4) is 5.75 Å². The van der Waals surface area contributed by atoms with Crippen molar-refractivity contribution in [2.24, 2.45) is 0 Å². The predicted molar refractivity (Wildman–Crippen MR) is 94.0 cm³/mol. The normalized spacial score (nSPS) is 13.8. The molecule has 1 amide bonds. The summed E-state index contributed by atoms with van der Waals surface area (Å²) in [6.45, 7) is 1.87. The number of amides is 1. The summed E-state index contributed by atoms with van der Waals surface area (Å²) in [5.41, 5.74) is 3.68. The maximum atomic E-state index is 12.5. The van der Waals surface area contributed by atoms with Gasteiger partial charge in [0.15, 0.2) is 0 Å². The topological polar surface area (TPSA) is 45.3 Å². The highest BCUT2D eigenvalue weighted by molar-refractivity contribution is 5.86. The smallest absolute Gasteiger partial charge is 0.226 e. The van der Waals surface area contributed by atoms with Crippen molar-refractivity contribution in [1.29, 1.82) is 0 Å². The third-order valence-corrected chi connectivity index (χ3v) is 4.56. The summed E-state index contributed by atoms with van der Waals surface area (Å²) in [6, 6.07) is 17.9. The molecule has 4 heteroatoms. The Labute approximate surface area is 141 Å². The van der Waals surface area contributed by atoms with Crippen LogP contribution in [0, 0.1) is 0 Å². The second-order valence-corrected chi connectivity index (χ2v) is 6.10. The van der Waals surface area contributed by atoms with Gasteiger partial charge in [-0.3, -0.25) is 4.79 Å². The van der Waals surface area contributed by atoms with Gasteiger partial charge in [-0.15, -0.1) is 0 Å². The van der Waals surface area contributed by atoms with Crippen LogP contribution in [-0.2, 0) is 17.8 Å². The number of nitrogens with one attached hydrogen (secondary N) is 1. The minimum absolute atomic E-state index is 0.155. The number of aromatic nitrogens is 1. The van der Waals surface area contributed by atoms with E-state index in [0.29, 0.717) is 19.6 Å². The molecule has 0 radical (unpaired) electrons. The molecule has 0 bridgehead atoms. The first-order chi connectivity index (χ1) is 11.8. The fraction of sp³-hybridized carbons (Fsp3) is 0.250. The van der Waals surface area contributed by atoms with Crippen LogP contribution < -0.4 is 4.74 Å². The lowest BCUT2D eigenvalue weighted by atomic mass is 10.0. The van der Waals surface area contributed by atoms with Crippen LogP contribution in [0.3, 0.4) is 0 Å². The van der Waals surface area contributed by atoms with Gasteiger partial charge in [-0.1, -0.05) is 36.4 Å². The Morgan fingerprint density at radius 1 is 1.08 bits per heavy atom. The first kappa shape index (κ1) is 14.8. The summed E-state index contributed by atoms with van der Waals surface area (Å²) < 4.78 is 5.64. The number of carbonyl (C=O) groups excluding carboxylic acids is 1. The number of hydrogen-bond donors (Lipinski definition) is 1. The van der Waals surface area contributed by atoms with Crippen molar-refractivity contribution >= 4 is 16.8 Å². The molecule has 0 saturated carbocycles. The van der Waals surface area contributed by atoms with Crippen molar-refractivity contribution in [2.75, 3.05) is 13.2 Å². The minimum atomic E-state index is 0.155. The zero-order valence-electron chi connectivity index (χ0n) is 13.5.